The third-order valence-corrected chi connectivity index (χ3v) is 6.96. The molecule has 2 aromatic carbocycles. The Bertz CT molecular complexity index is 1390. The van der Waals surface area contributed by atoms with Gasteiger partial charge < -0.3 is 31.2 Å². The highest BCUT2D eigenvalue weighted by atomic mass is 35.5. The number of fused-ring (bicyclic) bond motifs is 1. The van der Waals surface area contributed by atoms with Gasteiger partial charge in [0, 0.05) is 85.1 Å². The molecule has 2 heterocycles. The zero-order valence-electron chi connectivity index (χ0n) is 22.4. The maximum Gasteiger partial charge on any atom is 0.306 e. The zero-order valence-corrected chi connectivity index (χ0v) is 23.2. The Labute approximate surface area is 238 Å². The number of esters is 1. The molecule has 0 saturated carbocycles. The molecule has 0 radical (unpaired) electrons. The van der Waals surface area contributed by atoms with Crippen molar-refractivity contribution in [3.63, 3.8) is 0 Å². The number of anilines is 1. The number of halogens is 2. The molecule has 0 unspecified atom stereocenters. The van der Waals surface area contributed by atoms with Crippen molar-refractivity contribution in [3.8, 4) is 5.75 Å². The first-order chi connectivity index (χ1) is 19.4. The maximum atomic E-state index is 14.2. The fourth-order valence-electron chi connectivity index (χ4n) is 4.45. The van der Waals surface area contributed by atoms with Crippen molar-refractivity contribution in [2.45, 2.75) is 6.42 Å². The van der Waals surface area contributed by atoms with Crippen molar-refractivity contribution in [1.29, 1.82) is 0 Å². The molecule has 4 rings (SSSR count). The van der Waals surface area contributed by atoms with E-state index in [1.165, 1.54) is 31.5 Å². The number of allylic oxidation sites excluding steroid dienone is 1. The molecule has 0 bridgehead atoms. The van der Waals surface area contributed by atoms with Gasteiger partial charge in [-0.05, 0) is 42.5 Å². The Morgan fingerprint density at radius 3 is 2.60 bits per heavy atom. The van der Waals surface area contributed by atoms with E-state index < -0.39 is 5.82 Å². The first-order valence-electron chi connectivity index (χ1n) is 13.0. The predicted octanol–water partition coefficient (Wildman–Crippen LogP) is 3.80. The molecule has 1 aliphatic heterocycles. The smallest absolute Gasteiger partial charge is 0.306 e. The van der Waals surface area contributed by atoms with E-state index in [0.29, 0.717) is 23.7 Å². The second-order valence-corrected chi connectivity index (χ2v) is 9.80. The van der Waals surface area contributed by atoms with E-state index in [1.54, 1.807) is 12.3 Å². The van der Waals surface area contributed by atoms with Crippen molar-refractivity contribution < 1.29 is 18.7 Å². The van der Waals surface area contributed by atoms with E-state index >= 15 is 0 Å². The highest BCUT2D eigenvalue weighted by Crippen LogP contribution is 2.27. The number of piperazine rings is 1. The van der Waals surface area contributed by atoms with Crippen LogP contribution in [-0.4, -0.2) is 73.7 Å². The molecule has 1 saturated heterocycles. The molecule has 3 aromatic rings. The molecule has 11 heteroatoms. The second-order valence-electron chi connectivity index (χ2n) is 9.37. The van der Waals surface area contributed by atoms with Gasteiger partial charge in [0.2, 0.25) is 0 Å². The van der Waals surface area contributed by atoms with Gasteiger partial charge in [0.25, 0.3) is 0 Å². The lowest BCUT2D eigenvalue weighted by atomic mass is 10.1. The molecule has 1 aromatic heterocycles. The van der Waals surface area contributed by atoms with Crippen LogP contribution in [0.25, 0.3) is 16.6 Å². The Morgan fingerprint density at radius 1 is 1.12 bits per heavy atom. The number of pyridine rings is 1. The van der Waals surface area contributed by atoms with Crippen LogP contribution in [0, 0.1) is 5.82 Å². The SMILES string of the molecule is COC(=O)CCN1CCN(CCOc2ccc3c(NC(/C=C(\N)c4cc(Cl)ccc4F)=C/N)ccnc3c2)CC1. The number of methoxy groups -OCH3 is 1. The van der Waals surface area contributed by atoms with Crippen LogP contribution in [0.3, 0.4) is 0 Å². The number of carbonyl (C=O) groups is 1. The number of ether oxygens (including phenoxy) is 2. The number of rotatable bonds is 11. The number of nitrogens with zero attached hydrogens (tertiary/aromatic N) is 3. The fourth-order valence-corrected chi connectivity index (χ4v) is 4.62. The molecular weight excluding hydrogens is 535 g/mol. The number of hydrogen-bond acceptors (Lipinski definition) is 9. The molecular formula is C29H34ClFN6O3. The van der Waals surface area contributed by atoms with E-state index in [-0.39, 0.29) is 17.2 Å². The minimum absolute atomic E-state index is 0.174. The topological polar surface area (TPSA) is 119 Å². The average Bonchev–Trinajstić information content (AvgIpc) is 2.97. The number of benzene rings is 2. The van der Waals surface area contributed by atoms with Gasteiger partial charge in [0.1, 0.15) is 18.2 Å². The summed E-state index contributed by atoms with van der Waals surface area (Å²) in [6.07, 6.45) is 5.02. The summed E-state index contributed by atoms with van der Waals surface area (Å²) >= 11 is 6.00. The summed E-state index contributed by atoms with van der Waals surface area (Å²) < 4.78 is 25.0. The fraction of sp³-hybridized carbons (Fsp3) is 0.310. The van der Waals surface area contributed by atoms with E-state index in [0.717, 1.165) is 61.6 Å². The molecule has 1 fully saturated rings. The maximum absolute atomic E-state index is 14.2. The van der Waals surface area contributed by atoms with Gasteiger partial charge >= 0.3 is 5.97 Å². The molecule has 0 aliphatic carbocycles. The summed E-state index contributed by atoms with van der Waals surface area (Å²) in [5.74, 6) is 0.0743. The van der Waals surface area contributed by atoms with E-state index in [4.69, 9.17) is 32.5 Å². The van der Waals surface area contributed by atoms with Crippen LogP contribution >= 0.6 is 11.6 Å². The largest absolute Gasteiger partial charge is 0.492 e. The molecule has 5 N–H and O–H groups in total. The number of carbonyl (C=O) groups excluding carboxylic acids is 1. The quantitative estimate of drug-likeness (QED) is 0.234. The van der Waals surface area contributed by atoms with Crippen LogP contribution < -0.4 is 21.5 Å². The summed E-state index contributed by atoms with van der Waals surface area (Å²) in [4.78, 5) is 20.5. The Morgan fingerprint density at radius 2 is 1.88 bits per heavy atom. The van der Waals surface area contributed by atoms with Crippen LogP contribution in [-0.2, 0) is 9.53 Å². The van der Waals surface area contributed by atoms with E-state index in [1.807, 2.05) is 24.3 Å². The summed E-state index contributed by atoms with van der Waals surface area (Å²) in [6, 6.07) is 11.7. The molecule has 212 valence electrons. The molecule has 0 amide bonds. The van der Waals surface area contributed by atoms with Crippen LogP contribution in [0.5, 0.6) is 5.75 Å². The Hall–Kier alpha value is -3.86. The van der Waals surface area contributed by atoms with Gasteiger partial charge in [0.15, 0.2) is 0 Å². The van der Waals surface area contributed by atoms with Gasteiger partial charge in [-0.25, -0.2) is 4.39 Å². The van der Waals surface area contributed by atoms with E-state index in [2.05, 4.69) is 20.1 Å². The zero-order chi connectivity index (χ0) is 28.5. The third kappa shape index (κ3) is 7.84. The van der Waals surface area contributed by atoms with Gasteiger partial charge in [0.05, 0.1) is 24.7 Å². The Balaban J connectivity index is 1.33. The number of aromatic nitrogens is 1. The first kappa shape index (κ1) is 29.1. The minimum Gasteiger partial charge on any atom is -0.492 e. The van der Waals surface area contributed by atoms with Crippen LogP contribution in [0.2, 0.25) is 5.02 Å². The van der Waals surface area contributed by atoms with Crippen LogP contribution in [0.15, 0.2) is 66.6 Å². The van der Waals surface area contributed by atoms with Crippen molar-refractivity contribution in [1.82, 2.24) is 14.8 Å². The standard InChI is InChI=1S/C29H34ClFN6O3/c1-39-29(38)7-9-36-10-12-37(13-11-36)14-15-40-22-3-4-23-27(6-8-34-28(23)18-22)35-21(19-32)17-26(33)24-16-20(30)2-5-25(24)31/h2-6,8,16-19H,7,9-15,32-33H2,1H3,(H,34,35)/b21-19+,26-17-. The average molecular weight is 569 g/mol. The summed E-state index contributed by atoms with van der Waals surface area (Å²) in [5, 5.41) is 4.48. The van der Waals surface area contributed by atoms with Crippen LogP contribution in [0.1, 0.15) is 12.0 Å². The molecule has 0 atom stereocenters. The second kappa shape index (κ2) is 14.0. The molecule has 9 nitrogen and oxygen atoms in total. The number of hydrogen-bond donors (Lipinski definition) is 3. The minimum atomic E-state index is -0.477. The third-order valence-electron chi connectivity index (χ3n) is 6.72. The van der Waals surface area contributed by atoms with Crippen molar-refractivity contribution >= 4 is 39.9 Å². The van der Waals surface area contributed by atoms with Crippen LogP contribution in [0.4, 0.5) is 10.1 Å². The van der Waals surface area contributed by atoms with Crippen molar-refractivity contribution in [2.75, 3.05) is 58.3 Å². The van der Waals surface area contributed by atoms with Gasteiger partial charge in [-0.15, -0.1) is 0 Å². The summed E-state index contributed by atoms with van der Waals surface area (Å²) in [7, 11) is 1.42. The van der Waals surface area contributed by atoms with Gasteiger partial charge in [-0.3, -0.25) is 14.7 Å². The summed E-state index contributed by atoms with van der Waals surface area (Å²) in [5.41, 5.74) is 14.3. The molecule has 1 aliphatic rings. The number of nitrogens with two attached hydrogens (primary N) is 2. The Kier molecular flexibility index (Phi) is 10.2. The molecule has 0 spiro atoms. The highest BCUT2D eigenvalue weighted by Gasteiger charge is 2.17. The number of nitrogens with one attached hydrogen (secondary N) is 1. The first-order valence-corrected chi connectivity index (χ1v) is 13.4. The van der Waals surface area contributed by atoms with Gasteiger partial charge in [-0.2, -0.15) is 0 Å². The predicted molar refractivity (Wildman–Crippen MR) is 156 cm³/mol. The lowest BCUT2D eigenvalue weighted by Gasteiger charge is -2.34. The lowest BCUT2D eigenvalue weighted by molar-refractivity contribution is -0.141. The highest BCUT2D eigenvalue weighted by molar-refractivity contribution is 6.30. The van der Waals surface area contributed by atoms with Crippen molar-refractivity contribution in [2.24, 2.45) is 11.5 Å². The molecule has 40 heavy (non-hydrogen) atoms. The lowest BCUT2D eigenvalue weighted by Crippen LogP contribution is -2.47. The van der Waals surface area contributed by atoms with Gasteiger partial charge in [-0.1, -0.05) is 11.6 Å². The monoisotopic (exact) mass is 568 g/mol. The van der Waals surface area contributed by atoms with Crippen molar-refractivity contribution in [3.05, 3.63) is 83.0 Å². The normalized spacial score (nSPS) is 15.3. The summed E-state index contributed by atoms with van der Waals surface area (Å²) in [6.45, 7) is 5.78. The van der Waals surface area contributed by atoms with E-state index in [9.17, 15) is 9.18 Å².